The van der Waals surface area contributed by atoms with Crippen LogP contribution in [-0.2, 0) is 17.1 Å². The van der Waals surface area contributed by atoms with Crippen LogP contribution in [0.4, 0.5) is 0 Å². The Morgan fingerprint density at radius 3 is 2.77 bits per heavy atom. The van der Waals surface area contributed by atoms with Crippen LogP contribution in [-0.4, -0.2) is 27.8 Å². The molecule has 0 aliphatic heterocycles. The highest BCUT2D eigenvalue weighted by Gasteiger charge is 2.18. The number of hydrogen-bond donors (Lipinski definition) is 1. The number of unbranched alkanes of at least 4 members (excludes halogenated alkanes) is 1. The number of nitrogens with zero attached hydrogens (tertiary/aromatic N) is 3. The third-order valence-corrected chi connectivity index (χ3v) is 6.09. The van der Waals surface area contributed by atoms with Crippen molar-refractivity contribution in [2.24, 2.45) is 0 Å². The maximum absolute atomic E-state index is 12.1. The van der Waals surface area contributed by atoms with Crippen molar-refractivity contribution >= 4 is 40.9 Å². The maximum Gasteiger partial charge on any atom is 0.220 e. The molecular formula is C22H24Cl2N4O2S. The maximum atomic E-state index is 12.1. The number of carbonyl (C=O) groups is 1. The molecule has 2 aromatic carbocycles. The van der Waals surface area contributed by atoms with E-state index in [9.17, 15) is 4.79 Å². The minimum absolute atomic E-state index is 0.0100. The van der Waals surface area contributed by atoms with E-state index in [1.807, 2.05) is 34.9 Å². The lowest BCUT2D eigenvalue weighted by Crippen LogP contribution is -2.24. The van der Waals surface area contributed by atoms with Crippen LogP contribution in [0, 0.1) is 0 Å². The second kappa shape index (κ2) is 11.4. The van der Waals surface area contributed by atoms with Crippen molar-refractivity contribution in [3.05, 3.63) is 63.9 Å². The lowest BCUT2D eigenvalue weighted by atomic mass is 10.2. The van der Waals surface area contributed by atoms with Gasteiger partial charge in [-0.05, 0) is 42.3 Å². The van der Waals surface area contributed by atoms with Crippen molar-refractivity contribution in [2.75, 3.05) is 7.11 Å². The quantitative estimate of drug-likeness (QED) is 0.379. The highest BCUT2D eigenvalue weighted by atomic mass is 35.5. The molecule has 0 aliphatic carbocycles. The highest BCUT2D eigenvalue weighted by Crippen LogP contribution is 2.31. The fourth-order valence-electron chi connectivity index (χ4n) is 2.93. The summed E-state index contributed by atoms with van der Waals surface area (Å²) in [7, 11) is 1.65. The lowest BCUT2D eigenvalue weighted by Gasteiger charge is -2.13. The minimum Gasteiger partial charge on any atom is -0.497 e. The van der Waals surface area contributed by atoms with Gasteiger partial charge in [0, 0.05) is 17.2 Å². The Labute approximate surface area is 196 Å². The SMILES string of the molecule is CCCCC(=O)NCc1nnc(SCc2cccc(OC)c2)n1-c1ccc(Cl)cc1Cl. The van der Waals surface area contributed by atoms with Crippen LogP contribution >= 0.6 is 35.0 Å². The van der Waals surface area contributed by atoms with E-state index in [-0.39, 0.29) is 12.5 Å². The average Bonchev–Trinajstić information content (AvgIpc) is 3.17. The number of amides is 1. The summed E-state index contributed by atoms with van der Waals surface area (Å²) in [5.74, 6) is 2.06. The zero-order valence-electron chi connectivity index (χ0n) is 17.4. The summed E-state index contributed by atoms with van der Waals surface area (Å²) in [5, 5.41) is 13.3. The van der Waals surface area contributed by atoms with Gasteiger partial charge in [0.15, 0.2) is 11.0 Å². The number of nitrogens with one attached hydrogen (secondary N) is 1. The van der Waals surface area contributed by atoms with Crippen LogP contribution in [0.2, 0.25) is 10.0 Å². The number of aromatic nitrogens is 3. The molecule has 1 N–H and O–H groups in total. The average molecular weight is 479 g/mol. The number of methoxy groups -OCH3 is 1. The van der Waals surface area contributed by atoms with Crippen LogP contribution in [0.1, 0.15) is 37.6 Å². The molecule has 0 aliphatic rings. The topological polar surface area (TPSA) is 69.0 Å². The number of benzene rings is 2. The molecule has 9 heteroatoms. The first-order valence-electron chi connectivity index (χ1n) is 9.94. The number of halogens is 2. The number of carbonyl (C=O) groups excluding carboxylic acids is 1. The summed E-state index contributed by atoms with van der Waals surface area (Å²) in [6.07, 6.45) is 2.31. The van der Waals surface area contributed by atoms with Crippen LogP contribution in [0.3, 0.4) is 0 Å². The molecule has 0 saturated carbocycles. The predicted molar refractivity (Wildman–Crippen MR) is 125 cm³/mol. The normalized spacial score (nSPS) is 10.8. The summed E-state index contributed by atoms with van der Waals surface area (Å²) in [4.78, 5) is 12.1. The van der Waals surface area contributed by atoms with Gasteiger partial charge >= 0.3 is 0 Å². The zero-order chi connectivity index (χ0) is 22.2. The molecule has 0 bridgehead atoms. The molecular weight excluding hydrogens is 455 g/mol. The summed E-state index contributed by atoms with van der Waals surface area (Å²) < 4.78 is 7.17. The van der Waals surface area contributed by atoms with Gasteiger partial charge in [-0.1, -0.05) is 60.4 Å². The molecule has 1 aromatic heterocycles. The Morgan fingerprint density at radius 1 is 1.19 bits per heavy atom. The zero-order valence-corrected chi connectivity index (χ0v) is 19.7. The third kappa shape index (κ3) is 6.38. The highest BCUT2D eigenvalue weighted by molar-refractivity contribution is 7.98. The van der Waals surface area contributed by atoms with Crippen molar-refractivity contribution in [3.63, 3.8) is 0 Å². The van der Waals surface area contributed by atoms with Gasteiger partial charge in [0.2, 0.25) is 5.91 Å². The minimum atomic E-state index is -0.0100. The van der Waals surface area contributed by atoms with Gasteiger partial charge in [-0.25, -0.2) is 0 Å². The smallest absolute Gasteiger partial charge is 0.220 e. The molecule has 0 fully saturated rings. The van der Waals surface area contributed by atoms with Gasteiger partial charge in [0.1, 0.15) is 5.75 Å². The van der Waals surface area contributed by atoms with Gasteiger partial charge < -0.3 is 10.1 Å². The van der Waals surface area contributed by atoms with E-state index in [0.29, 0.717) is 38.9 Å². The number of rotatable bonds is 10. The summed E-state index contributed by atoms with van der Waals surface area (Å²) >= 11 is 14.1. The fourth-order valence-corrected chi connectivity index (χ4v) is 4.33. The molecule has 0 unspecified atom stereocenters. The van der Waals surface area contributed by atoms with Crippen LogP contribution < -0.4 is 10.1 Å². The van der Waals surface area contributed by atoms with Crippen molar-refractivity contribution in [1.29, 1.82) is 0 Å². The molecule has 31 heavy (non-hydrogen) atoms. The third-order valence-electron chi connectivity index (χ3n) is 4.55. The Bertz CT molecular complexity index is 1040. The summed E-state index contributed by atoms with van der Waals surface area (Å²) in [6, 6.07) is 13.1. The van der Waals surface area contributed by atoms with E-state index < -0.39 is 0 Å². The molecule has 0 radical (unpaired) electrons. The fraction of sp³-hybridized carbons (Fsp3) is 0.318. The Kier molecular flexibility index (Phi) is 8.63. The number of hydrogen-bond acceptors (Lipinski definition) is 5. The van der Waals surface area contributed by atoms with Gasteiger partial charge in [0.05, 0.1) is 24.4 Å². The second-order valence-electron chi connectivity index (χ2n) is 6.85. The lowest BCUT2D eigenvalue weighted by molar-refractivity contribution is -0.121. The molecule has 3 rings (SSSR count). The van der Waals surface area contributed by atoms with Crippen LogP contribution in [0.5, 0.6) is 5.75 Å². The number of ether oxygens (including phenoxy) is 1. The van der Waals surface area contributed by atoms with Crippen LogP contribution in [0.25, 0.3) is 5.69 Å². The van der Waals surface area contributed by atoms with E-state index in [4.69, 9.17) is 27.9 Å². The van der Waals surface area contributed by atoms with E-state index in [2.05, 4.69) is 22.4 Å². The van der Waals surface area contributed by atoms with Gasteiger partial charge in [-0.3, -0.25) is 9.36 Å². The van der Waals surface area contributed by atoms with Crippen molar-refractivity contribution in [3.8, 4) is 11.4 Å². The standard InChI is InChI=1S/C22H24Cl2N4O2S/c1-3-4-8-21(29)25-13-20-26-27-22(28(20)19-10-9-16(23)12-18(19)24)31-14-15-6-5-7-17(11-15)30-2/h5-7,9-12H,3-4,8,13-14H2,1-2H3,(H,25,29). The van der Waals surface area contributed by atoms with Gasteiger partial charge in [-0.2, -0.15) is 0 Å². The molecule has 0 atom stereocenters. The van der Waals surface area contributed by atoms with Crippen molar-refractivity contribution in [1.82, 2.24) is 20.1 Å². The molecule has 164 valence electrons. The van der Waals surface area contributed by atoms with Crippen molar-refractivity contribution < 1.29 is 9.53 Å². The van der Waals surface area contributed by atoms with E-state index in [0.717, 1.165) is 24.2 Å². The van der Waals surface area contributed by atoms with E-state index in [1.54, 1.807) is 19.2 Å². The van der Waals surface area contributed by atoms with Crippen LogP contribution in [0.15, 0.2) is 47.6 Å². The van der Waals surface area contributed by atoms with Crippen molar-refractivity contribution in [2.45, 2.75) is 43.6 Å². The first-order chi connectivity index (χ1) is 15.0. The Balaban J connectivity index is 1.85. The number of thioether (sulfide) groups is 1. The first kappa shape index (κ1) is 23.4. The second-order valence-corrected chi connectivity index (χ2v) is 8.64. The molecule has 0 spiro atoms. The summed E-state index contributed by atoms with van der Waals surface area (Å²) in [5.41, 5.74) is 1.80. The molecule has 1 heterocycles. The van der Waals surface area contributed by atoms with E-state index in [1.165, 1.54) is 11.8 Å². The molecule has 3 aromatic rings. The Hall–Kier alpha value is -2.22. The van der Waals surface area contributed by atoms with E-state index >= 15 is 0 Å². The first-order valence-corrected chi connectivity index (χ1v) is 11.7. The van der Waals surface area contributed by atoms with Gasteiger partial charge in [-0.15, -0.1) is 10.2 Å². The van der Waals surface area contributed by atoms with Gasteiger partial charge in [0.25, 0.3) is 0 Å². The summed E-state index contributed by atoms with van der Waals surface area (Å²) in [6.45, 7) is 2.31. The largest absolute Gasteiger partial charge is 0.497 e. The monoisotopic (exact) mass is 478 g/mol. The molecule has 0 saturated heterocycles. The predicted octanol–water partition coefficient (Wildman–Crippen LogP) is 5.68. The molecule has 1 amide bonds. The molecule has 6 nitrogen and oxygen atoms in total. The Morgan fingerprint density at radius 2 is 2.03 bits per heavy atom.